The molecule has 3 rings (SSSR count). The summed E-state index contributed by atoms with van der Waals surface area (Å²) in [6, 6.07) is 11.2. The molecular formula is C22H34N2O2. The lowest BCUT2D eigenvalue weighted by atomic mass is 9.93. The Morgan fingerprint density at radius 2 is 1.77 bits per heavy atom. The van der Waals surface area contributed by atoms with E-state index < -0.39 is 5.60 Å². The number of hydrogen-bond acceptors (Lipinski definition) is 3. The first kappa shape index (κ1) is 19.2. The van der Waals surface area contributed by atoms with Crippen molar-refractivity contribution in [1.82, 2.24) is 9.80 Å². The van der Waals surface area contributed by atoms with Crippen molar-refractivity contribution < 1.29 is 9.53 Å². The lowest BCUT2D eigenvalue weighted by molar-refractivity contribution is 0.00101. The number of amides is 1. The predicted molar refractivity (Wildman–Crippen MR) is 105 cm³/mol. The molecule has 1 amide bonds. The van der Waals surface area contributed by atoms with E-state index in [4.69, 9.17) is 4.74 Å². The normalized spacial score (nSPS) is 22.3. The molecule has 144 valence electrons. The van der Waals surface area contributed by atoms with E-state index >= 15 is 0 Å². The van der Waals surface area contributed by atoms with Crippen molar-refractivity contribution >= 4 is 6.09 Å². The van der Waals surface area contributed by atoms with E-state index in [1.807, 2.05) is 20.8 Å². The maximum Gasteiger partial charge on any atom is 0.410 e. The topological polar surface area (TPSA) is 32.8 Å². The van der Waals surface area contributed by atoms with Gasteiger partial charge in [-0.1, -0.05) is 49.6 Å². The smallest absolute Gasteiger partial charge is 0.410 e. The van der Waals surface area contributed by atoms with Crippen LogP contribution in [0.2, 0.25) is 0 Å². The second kappa shape index (κ2) is 8.43. The van der Waals surface area contributed by atoms with Gasteiger partial charge in [0.15, 0.2) is 0 Å². The van der Waals surface area contributed by atoms with Gasteiger partial charge >= 0.3 is 6.09 Å². The molecule has 1 saturated carbocycles. The second-order valence-corrected chi connectivity index (χ2v) is 8.84. The number of benzene rings is 1. The highest BCUT2D eigenvalue weighted by Gasteiger charge is 2.37. The number of likely N-dealkylation sites (tertiary alicyclic amines) is 1. The fraction of sp³-hybridized carbons (Fsp3) is 0.682. The summed E-state index contributed by atoms with van der Waals surface area (Å²) < 4.78 is 5.79. The minimum absolute atomic E-state index is 0.115. The summed E-state index contributed by atoms with van der Waals surface area (Å²) in [6.07, 6.45) is 6.92. The molecule has 1 unspecified atom stereocenters. The van der Waals surface area contributed by atoms with Gasteiger partial charge in [-0.3, -0.25) is 4.90 Å². The van der Waals surface area contributed by atoms with Crippen LogP contribution in [0.25, 0.3) is 0 Å². The van der Waals surface area contributed by atoms with Crippen molar-refractivity contribution in [3.63, 3.8) is 0 Å². The van der Waals surface area contributed by atoms with Crippen molar-refractivity contribution in [2.75, 3.05) is 13.1 Å². The van der Waals surface area contributed by atoms with Crippen molar-refractivity contribution in [2.24, 2.45) is 0 Å². The largest absolute Gasteiger partial charge is 0.444 e. The Hall–Kier alpha value is -1.55. The first-order valence-electron chi connectivity index (χ1n) is 10.2. The van der Waals surface area contributed by atoms with E-state index in [2.05, 4.69) is 40.1 Å². The van der Waals surface area contributed by atoms with Crippen LogP contribution in [0.3, 0.4) is 0 Å². The third kappa shape index (κ3) is 5.23. The molecule has 1 heterocycles. The molecule has 2 aliphatic rings. The summed E-state index contributed by atoms with van der Waals surface area (Å²) in [4.78, 5) is 17.6. The zero-order chi connectivity index (χ0) is 18.6. The maximum absolute atomic E-state index is 13.0. The Balaban J connectivity index is 1.67. The Bertz CT molecular complexity index is 576. The van der Waals surface area contributed by atoms with E-state index in [-0.39, 0.29) is 12.1 Å². The quantitative estimate of drug-likeness (QED) is 0.773. The summed E-state index contributed by atoms with van der Waals surface area (Å²) in [6.45, 7) is 8.83. The van der Waals surface area contributed by atoms with Crippen LogP contribution in [-0.2, 0) is 11.3 Å². The molecule has 0 radical (unpaired) electrons. The first-order valence-corrected chi connectivity index (χ1v) is 10.2. The SMILES string of the molecule is CC(C)(C)OC(=O)N(C1CCCCC1)C1CCN(Cc2ccccc2)C1. The van der Waals surface area contributed by atoms with Gasteiger partial charge < -0.3 is 9.64 Å². The monoisotopic (exact) mass is 358 g/mol. The number of carbonyl (C=O) groups is 1. The lowest BCUT2D eigenvalue weighted by Crippen LogP contribution is -2.50. The van der Waals surface area contributed by atoms with Gasteiger partial charge in [-0.15, -0.1) is 0 Å². The molecular weight excluding hydrogens is 324 g/mol. The average Bonchev–Trinajstić information content (AvgIpc) is 3.03. The highest BCUT2D eigenvalue weighted by molar-refractivity contribution is 5.69. The van der Waals surface area contributed by atoms with Crippen LogP contribution in [0.15, 0.2) is 30.3 Å². The van der Waals surface area contributed by atoms with Crippen LogP contribution in [0.5, 0.6) is 0 Å². The lowest BCUT2D eigenvalue weighted by Gasteiger charge is -2.39. The number of hydrogen-bond donors (Lipinski definition) is 0. The standard InChI is InChI=1S/C22H34N2O2/c1-22(2,3)26-21(25)24(19-12-8-5-9-13-19)20-14-15-23(17-20)16-18-10-6-4-7-11-18/h4,6-7,10-11,19-20H,5,8-9,12-17H2,1-3H3. The van der Waals surface area contributed by atoms with Crippen LogP contribution in [-0.4, -0.2) is 46.7 Å². The van der Waals surface area contributed by atoms with Gasteiger partial charge in [-0.05, 0) is 45.6 Å². The molecule has 1 aliphatic heterocycles. The van der Waals surface area contributed by atoms with Gasteiger partial charge in [0.05, 0.1) is 0 Å². The van der Waals surface area contributed by atoms with Gasteiger partial charge in [0.1, 0.15) is 5.60 Å². The van der Waals surface area contributed by atoms with Gasteiger partial charge in [-0.25, -0.2) is 4.79 Å². The zero-order valence-corrected chi connectivity index (χ0v) is 16.6. The minimum Gasteiger partial charge on any atom is -0.444 e. The third-order valence-electron chi connectivity index (χ3n) is 5.46. The predicted octanol–water partition coefficient (Wildman–Crippen LogP) is 4.83. The van der Waals surface area contributed by atoms with Crippen molar-refractivity contribution in [1.29, 1.82) is 0 Å². The molecule has 1 aliphatic carbocycles. The molecule has 0 N–H and O–H groups in total. The molecule has 4 heteroatoms. The van der Waals surface area contributed by atoms with E-state index in [0.29, 0.717) is 6.04 Å². The summed E-state index contributed by atoms with van der Waals surface area (Å²) in [5.74, 6) is 0. The van der Waals surface area contributed by atoms with Gasteiger partial charge in [0.2, 0.25) is 0 Å². The van der Waals surface area contributed by atoms with E-state index in [9.17, 15) is 4.79 Å². The first-order chi connectivity index (χ1) is 12.4. The Morgan fingerprint density at radius 1 is 1.08 bits per heavy atom. The van der Waals surface area contributed by atoms with Crippen LogP contribution in [0, 0.1) is 0 Å². The molecule has 2 fully saturated rings. The summed E-state index contributed by atoms with van der Waals surface area (Å²) >= 11 is 0. The number of nitrogens with zero attached hydrogens (tertiary/aromatic N) is 2. The summed E-state index contributed by atoms with van der Waals surface area (Å²) in [5.41, 5.74) is 0.904. The van der Waals surface area contributed by atoms with Gasteiger partial charge in [-0.2, -0.15) is 0 Å². The molecule has 1 aromatic carbocycles. The van der Waals surface area contributed by atoms with Crippen LogP contribution in [0.1, 0.15) is 64.9 Å². The van der Waals surface area contributed by atoms with Crippen LogP contribution in [0.4, 0.5) is 4.79 Å². The number of carbonyl (C=O) groups excluding carboxylic acids is 1. The molecule has 4 nitrogen and oxygen atoms in total. The van der Waals surface area contributed by atoms with Crippen molar-refractivity contribution in [3.8, 4) is 0 Å². The molecule has 1 aromatic rings. The average molecular weight is 359 g/mol. The Kier molecular flexibility index (Phi) is 6.23. The summed E-state index contributed by atoms with van der Waals surface area (Å²) in [5, 5.41) is 0. The zero-order valence-electron chi connectivity index (χ0n) is 16.6. The van der Waals surface area contributed by atoms with Gasteiger partial charge in [0.25, 0.3) is 0 Å². The fourth-order valence-electron chi connectivity index (χ4n) is 4.29. The van der Waals surface area contributed by atoms with E-state index in [1.54, 1.807) is 0 Å². The third-order valence-corrected chi connectivity index (χ3v) is 5.46. The van der Waals surface area contributed by atoms with E-state index in [0.717, 1.165) is 38.9 Å². The molecule has 26 heavy (non-hydrogen) atoms. The molecule has 1 saturated heterocycles. The minimum atomic E-state index is -0.438. The number of ether oxygens (including phenoxy) is 1. The molecule has 0 aromatic heterocycles. The van der Waals surface area contributed by atoms with Crippen LogP contribution < -0.4 is 0 Å². The molecule has 0 spiro atoms. The fourth-order valence-corrected chi connectivity index (χ4v) is 4.29. The highest BCUT2D eigenvalue weighted by Crippen LogP contribution is 2.29. The summed E-state index contributed by atoms with van der Waals surface area (Å²) in [7, 11) is 0. The second-order valence-electron chi connectivity index (χ2n) is 8.84. The molecule has 1 atom stereocenters. The Morgan fingerprint density at radius 3 is 2.42 bits per heavy atom. The van der Waals surface area contributed by atoms with Gasteiger partial charge in [0, 0.05) is 31.7 Å². The van der Waals surface area contributed by atoms with Crippen LogP contribution >= 0.6 is 0 Å². The Labute approximate surface area is 158 Å². The molecule has 0 bridgehead atoms. The highest BCUT2D eigenvalue weighted by atomic mass is 16.6. The number of rotatable bonds is 4. The van der Waals surface area contributed by atoms with Crippen molar-refractivity contribution in [3.05, 3.63) is 35.9 Å². The van der Waals surface area contributed by atoms with E-state index in [1.165, 1.54) is 24.8 Å². The maximum atomic E-state index is 13.0. The van der Waals surface area contributed by atoms with Crippen molar-refractivity contribution in [2.45, 2.75) is 83.5 Å².